The van der Waals surface area contributed by atoms with Crippen molar-refractivity contribution in [2.75, 3.05) is 6.61 Å². The fourth-order valence-corrected chi connectivity index (χ4v) is 2.48. The number of hydrogen-bond acceptors (Lipinski definition) is 2. The number of carbonyl (C=O) groups excluding carboxylic acids is 1. The van der Waals surface area contributed by atoms with Gasteiger partial charge in [0.2, 0.25) is 0 Å². The minimum atomic E-state index is -0.285. The van der Waals surface area contributed by atoms with Crippen molar-refractivity contribution in [1.29, 1.82) is 0 Å². The van der Waals surface area contributed by atoms with E-state index < -0.39 is 0 Å². The fourth-order valence-electron chi connectivity index (χ4n) is 2.48. The molecule has 1 aliphatic rings. The lowest BCUT2D eigenvalue weighted by Gasteiger charge is -2.26. The first-order valence-electron chi connectivity index (χ1n) is 7.91. The number of hydrogen-bond donors (Lipinski definition) is 2. The van der Waals surface area contributed by atoms with Crippen molar-refractivity contribution in [2.45, 2.75) is 51.8 Å². The summed E-state index contributed by atoms with van der Waals surface area (Å²) in [5.74, 6) is 0.0745. The minimum Gasteiger partial charge on any atom is -0.376 e. The Morgan fingerprint density at radius 2 is 1.91 bits per heavy atom. The van der Waals surface area contributed by atoms with Gasteiger partial charge in [-0.1, -0.05) is 26.0 Å². The van der Waals surface area contributed by atoms with E-state index in [1.54, 1.807) is 12.1 Å². The lowest BCUT2D eigenvalue weighted by molar-refractivity contribution is 0.0804. The maximum atomic E-state index is 13.1. The van der Waals surface area contributed by atoms with Gasteiger partial charge in [0.15, 0.2) is 0 Å². The van der Waals surface area contributed by atoms with E-state index in [2.05, 4.69) is 24.5 Å². The van der Waals surface area contributed by atoms with Gasteiger partial charge in [-0.25, -0.2) is 9.18 Å². The third-order valence-corrected chi connectivity index (χ3v) is 4.21. The largest absolute Gasteiger partial charge is 0.376 e. The van der Waals surface area contributed by atoms with E-state index in [1.807, 2.05) is 6.92 Å². The Morgan fingerprint density at radius 1 is 1.23 bits per heavy atom. The quantitative estimate of drug-likeness (QED) is 0.876. The van der Waals surface area contributed by atoms with E-state index in [0.29, 0.717) is 12.5 Å². The zero-order valence-corrected chi connectivity index (χ0v) is 13.4. The molecule has 22 heavy (non-hydrogen) atoms. The summed E-state index contributed by atoms with van der Waals surface area (Å²) in [6.45, 7) is 6.79. The van der Waals surface area contributed by atoms with Gasteiger partial charge in [0.05, 0.1) is 12.1 Å². The van der Waals surface area contributed by atoms with Gasteiger partial charge >= 0.3 is 6.03 Å². The summed E-state index contributed by atoms with van der Waals surface area (Å²) in [4.78, 5) is 12.2. The van der Waals surface area contributed by atoms with Crippen LogP contribution < -0.4 is 10.6 Å². The lowest BCUT2D eigenvalue weighted by atomic mass is 9.99. The number of urea groups is 1. The summed E-state index contributed by atoms with van der Waals surface area (Å²) >= 11 is 0. The van der Waals surface area contributed by atoms with Gasteiger partial charge in [0.25, 0.3) is 0 Å². The molecule has 2 amide bonds. The topological polar surface area (TPSA) is 50.4 Å². The highest BCUT2D eigenvalue weighted by atomic mass is 19.1. The van der Waals surface area contributed by atoms with Crippen molar-refractivity contribution in [1.82, 2.24) is 10.6 Å². The fraction of sp³-hybridized carbons (Fsp3) is 0.588. The number of halogens is 1. The highest BCUT2D eigenvalue weighted by molar-refractivity contribution is 5.74. The number of rotatable bonds is 5. The molecule has 1 fully saturated rings. The van der Waals surface area contributed by atoms with Crippen LogP contribution in [0.15, 0.2) is 24.3 Å². The summed E-state index contributed by atoms with van der Waals surface area (Å²) in [7, 11) is 0. The van der Waals surface area contributed by atoms with E-state index in [1.165, 1.54) is 12.1 Å². The van der Waals surface area contributed by atoms with E-state index in [4.69, 9.17) is 4.74 Å². The molecule has 0 aromatic heterocycles. The molecule has 1 saturated heterocycles. The molecule has 3 unspecified atom stereocenters. The number of ether oxygens (including phenoxy) is 1. The Hall–Kier alpha value is -1.62. The summed E-state index contributed by atoms with van der Waals surface area (Å²) < 4.78 is 18.8. The normalized spacial score (nSPS) is 20.7. The third kappa shape index (κ3) is 4.44. The maximum absolute atomic E-state index is 13.1. The molecule has 2 rings (SSSR count). The molecule has 1 aromatic carbocycles. The van der Waals surface area contributed by atoms with E-state index in [9.17, 15) is 9.18 Å². The standard InChI is InChI=1S/C17H25FN2O2/c1-11(2)12(3)19-17(21)20-16(15-5-4-10-22-15)13-6-8-14(18)9-7-13/h6-9,11-12,15-16H,4-5,10H2,1-3H3,(H2,19,20,21). The zero-order chi connectivity index (χ0) is 16.1. The molecule has 2 N–H and O–H groups in total. The average molecular weight is 308 g/mol. The Morgan fingerprint density at radius 3 is 2.45 bits per heavy atom. The van der Waals surface area contributed by atoms with E-state index in [-0.39, 0.29) is 30.0 Å². The van der Waals surface area contributed by atoms with Crippen LogP contribution in [0.4, 0.5) is 9.18 Å². The van der Waals surface area contributed by atoms with Gasteiger partial charge in [0, 0.05) is 12.6 Å². The van der Waals surface area contributed by atoms with Crippen LogP contribution in [-0.4, -0.2) is 24.8 Å². The van der Waals surface area contributed by atoms with Crippen LogP contribution in [0.25, 0.3) is 0 Å². The first kappa shape index (κ1) is 16.7. The van der Waals surface area contributed by atoms with Crippen LogP contribution in [0.3, 0.4) is 0 Å². The number of carbonyl (C=O) groups is 1. The van der Waals surface area contributed by atoms with Gasteiger partial charge in [-0.2, -0.15) is 0 Å². The predicted molar refractivity (Wildman–Crippen MR) is 84.1 cm³/mol. The number of benzene rings is 1. The van der Waals surface area contributed by atoms with Crippen LogP contribution in [0.5, 0.6) is 0 Å². The van der Waals surface area contributed by atoms with Gasteiger partial charge < -0.3 is 15.4 Å². The molecule has 4 nitrogen and oxygen atoms in total. The van der Waals surface area contributed by atoms with Gasteiger partial charge in [-0.05, 0) is 43.4 Å². The molecule has 3 atom stereocenters. The van der Waals surface area contributed by atoms with Crippen molar-refractivity contribution in [3.8, 4) is 0 Å². The smallest absolute Gasteiger partial charge is 0.315 e. The lowest BCUT2D eigenvalue weighted by Crippen LogP contribution is -2.46. The Bertz CT molecular complexity index is 484. The maximum Gasteiger partial charge on any atom is 0.315 e. The molecule has 0 aliphatic carbocycles. The molecule has 1 aliphatic heterocycles. The van der Waals surface area contributed by atoms with Crippen molar-refractivity contribution in [3.05, 3.63) is 35.6 Å². The Labute approximate surface area is 131 Å². The summed E-state index contributed by atoms with van der Waals surface area (Å²) in [6, 6.07) is 5.83. The highest BCUT2D eigenvalue weighted by Crippen LogP contribution is 2.27. The molecular formula is C17H25FN2O2. The van der Waals surface area contributed by atoms with E-state index in [0.717, 1.165) is 18.4 Å². The van der Waals surface area contributed by atoms with Gasteiger partial charge in [-0.3, -0.25) is 0 Å². The van der Waals surface area contributed by atoms with Crippen molar-refractivity contribution >= 4 is 6.03 Å². The number of nitrogens with one attached hydrogen (secondary N) is 2. The van der Waals surface area contributed by atoms with Crippen LogP contribution in [0.1, 0.15) is 45.2 Å². The van der Waals surface area contributed by atoms with E-state index >= 15 is 0 Å². The van der Waals surface area contributed by atoms with Crippen LogP contribution >= 0.6 is 0 Å². The molecule has 122 valence electrons. The SMILES string of the molecule is CC(C)C(C)NC(=O)NC(c1ccc(F)cc1)C1CCCO1. The predicted octanol–water partition coefficient (Wildman–Crippen LogP) is 3.39. The van der Waals surface area contributed by atoms with Crippen molar-refractivity contribution in [2.24, 2.45) is 5.92 Å². The Kier molecular flexibility index (Phi) is 5.77. The molecule has 0 saturated carbocycles. The molecule has 1 aromatic rings. The highest BCUT2D eigenvalue weighted by Gasteiger charge is 2.29. The zero-order valence-electron chi connectivity index (χ0n) is 13.4. The number of amides is 2. The molecule has 0 radical (unpaired) electrons. The van der Waals surface area contributed by atoms with Gasteiger partial charge in [0.1, 0.15) is 5.82 Å². The molecular weight excluding hydrogens is 283 g/mol. The third-order valence-electron chi connectivity index (χ3n) is 4.21. The van der Waals surface area contributed by atoms with Crippen molar-refractivity contribution in [3.63, 3.8) is 0 Å². The average Bonchev–Trinajstić information content (AvgIpc) is 2.99. The van der Waals surface area contributed by atoms with Crippen LogP contribution in [0, 0.1) is 11.7 Å². The summed E-state index contributed by atoms with van der Waals surface area (Å²) in [5.41, 5.74) is 0.862. The minimum absolute atomic E-state index is 0.0643. The Balaban J connectivity index is 2.07. The molecule has 0 spiro atoms. The van der Waals surface area contributed by atoms with Gasteiger partial charge in [-0.15, -0.1) is 0 Å². The first-order chi connectivity index (χ1) is 10.5. The second kappa shape index (κ2) is 7.58. The molecule has 5 heteroatoms. The summed E-state index contributed by atoms with van der Waals surface area (Å²) in [6.07, 6.45) is 1.81. The second-order valence-corrected chi connectivity index (χ2v) is 6.23. The first-order valence-corrected chi connectivity index (χ1v) is 7.91. The summed E-state index contributed by atoms with van der Waals surface area (Å²) in [5, 5.41) is 5.92. The monoisotopic (exact) mass is 308 g/mol. The van der Waals surface area contributed by atoms with Crippen LogP contribution in [-0.2, 0) is 4.74 Å². The second-order valence-electron chi connectivity index (χ2n) is 6.23. The molecule has 1 heterocycles. The molecule has 0 bridgehead atoms. The van der Waals surface area contributed by atoms with Crippen LogP contribution in [0.2, 0.25) is 0 Å². The van der Waals surface area contributed by atoms with Crippen molar-refractivity contribution < 1.29 is 13.9 Å².